The van der Waals surface area contributed by atoms with Crippen molar-refractivity contribution in [3.8, 4) is 5.75 Å². The van der Waals surface area contributed by atoms with Crippen molar-refractivity contribution in [1.82, 2.24) is 4.31 Å². The van der Waals surface area contributed by atoms with Gasteiger partial charge in [-0.05, 0) is 52.9 Å². The van der Waals surface area contributed by atoms with E-state index in [2.05, 4.69) is 22.9 Å². The van der Waals surface area contributed by atoms with E-state index in [0.717, 1.165) is 19.3 Å². The van der Waals surface area contributed by atoms with Crippen LogP contribution >= 0.6 is 15.9 Å². The van der Waals surface area contributed by atoms with Gasteiger partial charge in [-0.15, -0.1) is 0 Å². The highest BCUT2D eigenvalue weighted by Crippen LogP contribution is 2.30. The maximum absolute atomic E-state index is 12.6. The van der Waals surface area contributed by atoms with Crippen molar-refractivity contribution in [3.05, 3.63) is 22.7 Å². The van der Waals surface area contributed by atoms with Crippen molar-refractivity contribution in [2.24, 2.45) is 5.92 Å². The number of nitrogens with zero attached hydrogens (tertiary/aromatic N) is 1. The smallest absolute Gasteiger partial charge is 0.243 e. The Labute approximate surface area is 129 Å². The van der Waals surface area contributed by atoms with E-state index in [4.69, 9.17) is 4.74 Å². The van der Waals surface area contributed by atoms with Crippen LogP contribution in [0.3, 0.4) is 0 Å². The first-order valence-corrected chi connectivity index (χ1v) is 9.06. The third kappa shape index (κ3) is 3.18. The lowest BCUT2D eigenvalue weighted by Gasteiger charge is -2.30. The Morgan fingerprint density at radius 3 is 2.50 bits per heavy atom. The SMILES string of the molecule is CCC1CCN(S(=O)(=O)c2ccc(OC)c(Br)c2)CC1. The van der Waals surface area contributed by atoms with Crippen molar-refractivity contribution in [2.45, 2.75) is 31.1 Å². The average molecular weight is 362 g/mol. The molecule has 1 aliphatic rings. The summed E-state index contributed by atoms with van der Waals surface area (Å²) in [7, 11) is -1.83. The molecule has 0 bridgehead atoms. The lowest BCUT2D eigenvalue weighted by atomic mass is 9.96. The molecule has 1 saturated heterocycles. The van der Waals surface area contributed by atoms with Gasteiger partial charge in [0.1, 0.15) is 5.75 Å². The van der Waals surface area contributed by atoms with Crippen molar-refractivity contribution in [2.75, 3.05) is 20.2 Å². The van der Waals surface area contributed by atoms with E-state index < -0.39 is 10.0 Å². The minimum Gasteiger partial charge on any atom is -0.496 e. The zero-order valence-electron chi connectivity index (χ0n) is 11.8. The summed E-state index contributed by atoms with van der Waals surface area (Å²) in [5.41, 5.74) is 0. The van der Waals surface area contributed by atoms with Gasteiger partial charge in [-0.1, -0.05) is 13.3 Å². The van der Waals surface area contributed by atoms with E-state index in [1.54, 1.807) is 29.6 Å². The van der Waals surface area contributed by atoms with E-state index in [1.165, 1.54) is 0 Å². The molecule has 112 valence electrons. The molecular weight excluding hydrogens is 342 g/mol. The molecule has 0 aromatic heterocycles. The average Bonchev–Trinajstić information content (AvgIpc) is 2.47. The normalized spacial score (nSPS) is 18.1. The molecule has 1 aromatic carbocycles. The van der Waals surface area contributed by atoms with Crippen molar-refractivity contribution in [1.29, 1.82) is 0 Å². The second kappa shape index (κ2) is 6.45. The molecule has 0 N–H and O–H groups in total. The van der Waals surface area contributed by atoms with Gasteiger partial charge in [0.2, 0.25) is 10.0 Å². The highest BCUT2D eigenvalue weighted by molar-refractivity contribution is 9.10. The predicted molar refractivity (Wildman–Crippen MR) is 82.5 cm³/mol. The Bertz CT molecular complexity index is 566. The molecule has 0 saturated carbocycles. The molecule has 1 aliphatic heterocycles. The Hall–Kier alpha value is -0.590. The van der Waals surface area contributed by atoms with Crippen LogP contribution in [0.5, 0.6) is 5.75 Å². The first-order chi connectivity index (χ1) is 9.48. The Balaban J connectivity index is 2.20. The van der Waals surface area contributed by atoms with Gasteiger partial charge in [0.15, 0.2) is 0 Å². The standard InChI is InChI=1S/C14H20BrNO3S/c1-3-11-6-8-16(9-7-11)20(17,18)12-4-5-14(19-2)13(15)10-12/h4-5,10-11H,3,6-9H2,1-2H3. The van der Waals surface area contributed by atoms with Gasteiger partial charge in [-0.2, -0.15) is 4.31 Å². The van der Waals surface area contributed by atoms with Crippen LogP contribution in [0, 0.1) is 5.92 Å². The summed E-state index contributed by atoms with van der Waals surface area (Å²) in [5, 5.41) is 0. The molecular formula is C14H20BrNO3S. The molecule has 0 amide bonds. The Morgan fingerprint density at radius 1 is 1.35 bits per heavy atom. The van der Waals surface area contributed by atoms with Crippen molar-refractivity contribution < 1.29 is 13.2 Å². The third-order valence-electron chi connectivity index (χ3n) is 3.91. The van der Waals surface area contributed by atoms with Gasteiger partial charge < -0.3 is 4.74 Å². The number of piperidine rings is 1. The third-order valence-corrected chi connectivity index (χ3v) is 6.43. The largest absolute Gasteiger partial charge is 0.496 e. The molecule has 4 nitrogen and oxygen atoms in total. The fourth-order valence-corrected chi connectivity index (χ4v) is 4.70. The van der Waals surface area contributed by atoms with E-state index in [9.17, 15) is 8.42 Å². The summed E-state index contributed by atoms with van der Waals surface area (Å²) in [6.45, 7) is 3.39. The van der Waals surface area contributed by atoms with Gasteiger partial charge in [-0.3, -0.25) is 0 Å². The molecule has 0 aliphatic carbocycles. The van der Waals surface area contributed by atoms with E-state index in [-0.39, 0.29) is 0 Å². The first kappa shape index (κ1) is 15.8. The molecule has 0 atom stereocenters. The molecule has 0 unspecified atom stereocenters. The molecule has 1 fully saturated rings. The number of sulfonamides is 1. The lowest BCUT2D eigenvalue weighted by molar-refractivity contribution is 0.269. The van der Waals surface area contributed by atoms with Gasteiger partial charge in [0.05, 0.1) is 16.5 Å². The molecule has 1 heterocycles. The predicted octanol–water partition coefficient (Wildman–Crippen LogP) is 3.27. The molecule has 2 rings (SSSR count). The number of ether oxygens (including phenoxy) is 1. The summed E-state index contributed by atoms with van der Waals surface area (Å²) in [5.74, 6) is 1.29. The fraction of sp³-hybridized carbons (Fsp3) is 0.571. The molecule has 6 heteroatoms. The van der Waals surface area contributed by atoms with Gasteiger partial charge in [0.25, 0.3) is 0 Å². The highest BCUT2D eigenvalue weighted by Gasteiger charge is 2.29. The van der Waals surface area contributed by atoms with Gasteiger partial charge in [-0.25, -0.2) is 8.42 Å². The maximum atomic E-state index is 12.6. The highest BCUT2D eigenvalue weighted by atomic mass is 79.9. The van der Waals surface area contributed by atoms with Gasteiger partial charge >= 0.3 is 0 Å². The molecule has 0 spiro atoms. The summed E-state index contributed by atoms with van der Waals surface area (Å²) in [6.07, 6.45) is 3.03. The Kier molecular flexibility index (Phi) is 5.09. The van der Waals surface area contributed by atoms with E-state index in [0.29, 0.717) is 34.1 Å². The second-order valence-corrected chi connectivity index (χ2v) is 7.84. The summed E-state index contributed by atoms with van der Waals surface area (Å²) in [6, 6.07) is 4.89. The summed E-state index contributed by atoms with van der Waals surface area (Å²) in [4.78, 5) is 0.320. The summed E-state index contributed by atoms with van der Waals surface area (Å²) >= 11 is 3.34. The second-order valence-electron chi connectivity index (χ2n) is 5.05. The van der Waals surface area contributed by atoms with Gasteiger partial charge in [0, 0.05) is 13.1 Å². The van der Waals surface area contributed by atoms with Crippen LogP contribution in [-0.2, 0) is 10.0 Å². The minimum absolute atomic E-state index is 0.320. The minimum atomic E-state index is -3.39. The lowest BCUT2D eigenvalue weighted by Crippen LogP contribution is -2.38. The number of rotatable bonds is 4. The number of hydrogen-bond acceptors (Lipinski definition) is 3. The quantitative estimate of drug-likeness (QED) is 0.826. The zero-order chi connectivity index (χ0) is 14.8. The molecule has 0 radical (unpaired) electrons. The number of hydrogen-bond donors (Lipinski definition) is 0. The van der Waals surface area contributed by atoms with Crippen LogP contribution in [-0.4, -0.2) is 32.9 Å². The van der Waals surface area contributed by atoms with Crippen LogP contribution in [0.4, 0.5) is 0 Å². The van der Waals surface area contributed by atoms with E-state index >= 15 is 0 Å². The topological polar surface area (TPSA) is 46.6 Å². The van der Waals surface area contributed by atoms with Crippen LogP contribution in [0.1, 0.15) is 26.2 Å². The number of halogens is 1. The first-order valence-electron chi connectivity index (χ1n) is 6.82. The monoisotopic (exact) mass is 361 g/mol. The fourth-order valence-electron chi connectivity index (χ4n) is 2.51. The number of benzene rings is 1. The molecule has 1 aromatic rings. The molecule has 20 heavy (non-hydrogen) atoms. The van der Waals surface area contributed by atoms with E-state index in [1.807, 2.05) is 0 Å². The Morgan fingerprint density at radius 2 is 2.00 bits per heavy atom. The maximum Gasteiger partial charge on any atom is 0.243 e. The van der Waals surface area contributed by atoms with Crippen LogP contribution in [0.15, 0.2) is 27.6 Å². The van der Waals surface area contributed by atoms with Crippen molar-refractivity contribution >= 4 is 26.0 Å². The summed E-state index contributed by atoms with van der Waals surface area (Å²) < 4.78 is 32.6. The zero-order valence-corrected chi connectivity index (χ0v) is 14.2. The van der Waals surface area contributed by atoms with Crippen LogP contribution in [0.2, 0.25) is 0 Å². The van der Waals surface area contributed by atoms with Crippen LogP contribution < -0.4 is 4.74 Å². The van der Waals surface area contributed by atoms with Crippen LogP contribution in [0.25, 0.3) is 0 Å². The number of methoxy groups -OCH3 is 1. The van der Waals surface area contributed by atoms with Crippen molar-refractivity contribution in [3.63, 3.8) is 0 Å².